The number of Topliss-reactive ketones (excluding diaryl/α,β-unsaturated/α-hetero) is 1. The van der Waals surface area contributed by atoms with Gasteiger partial charge in [-0.2, -0.15) is 5.10 Å². The van der Waals surface area contributed by atoms with Gasteiger partial charge in [0.25, 0.3) is 0 Å². The SMILES string of the molecule is COc1cnn(C(C)C)c1C(=O)Cc1cccc(C)c1. The van der Waals surface area contributed by atoms with E-state index in [-0.39, 0.29) is 11.8 Å². The molecule has 0 saturated heterocycles. The highest BCUT2D eigenvalue weighted by Gasteiger charge is 2.21. The van der Waals surface area contributed by atoms with Crippen LogP contribution in [0, 0.1) is 6.92 Å². The Hall–Kier alpha value is -2.10. The molecule has 2 rings (SSSR count). The third-order valence-electron chi connectivity index (χ3n) is 3.18. The predicted molar refractivity (Wildman–Crippen MR) is 78.4 cm³/mol. The lowest BCUT2D eigenvalue weighted by Gasteiger charge is -2.11. The van der Waals surface area contributed by atoms with E-state index in [1.165, 1.54) is 0 Å². The van der Waals surface area contributed by atoms with E-state index < -0.39 is 0 Å². The number of methoxy groups -OCH3 is 1. The number of nitrogens with zero attached hydrogens (tertiary/aromatic N) is 2. The molecule has 0 aliphatic rings. The summed E-state index contributed by atoms with van der Waals surface area (Å²) in [6.45, 7) is 6.01. The molecule has 0 amide bonds. The van der Waals surface area contributed by atoms with Crippen LogP contribution in [0.2, 0.25) is 0 Å². The van der Waals surface area contributed by atoms with Crippen molar-refractivity contribution in [2.75, 3.05) is 7.11 Å². The molecular formula is C16H20N2O2. The van der Waals surface area contributed by atoms with Gasteiger partial charge in [0.2, 0.25) is 0 Å². The summed E-state index contributed by atoms with van der Waals surface area (Å²) in [7, 11) is 1.56. The number of hydrogen-bond acceptors (Lipinski definition) is 3. The number of carbonyl (C=O) groups excluding carboxylic acids is 1. The molecule has 4 heteroatoms. The van der Waals surface area contributed by atoms with Crippen LogP contribution in [0.15, 0.2) is 30.5 Å². The van der Waals surface area contributed by atoms with E-state index in [4.69, 9.17) is 4.74 Å². The fourth-order valence-corrected chi connectivity index (χ4v) is 2.24. The maximum atomic E-state index is 12.6. The average Bonchev–Trinajstić information content (AvgIpc) is 2.82. The molecule has 20 heavy (non-hydrogen) atoms. The number of hydrogen-bond donors (Lipinski definition) is 0. The summed E-state index contributed by atoms with van der Waals surface area (Å²) in [6.07, 6.45) is 1.96. The van der Waals surface area contributed by atoms with Gasteiger partial charge in [-0.3, -0.25) is 9.48 Å². The minimum Gasteiger partial charge on any atom is -0.493 e. The first-order chi connectivity index (χ1) is 9.52. The summed E-state index contributed by atoms with van der Waals surface area (Å²) in [5.74, 6) is 0.565. The molecule has 0 spiro atoms. The molecule has 0 radical (unpaired) electrons. The zero-order chi connectivity index (χ0) is 14.7. The number of aromatic nitrogens is 2. The Bertz CT molecular complexity index is 615. The molecule has 0 unspecified atom stereocenters. The smallest absolute Gasteiger partial charge is 0.189 e. The van der Waals surface area contributed by atoms with Crippen LogP contribution in [-0.2, 0) is 6.42 Å². The lowest BCUT2D eigenvalue weighted by Crippen LogP contribution is -2.15. The zero-order valence-corrected chi connectivity index (χ0v) is 12.4. The van der Waals surface area contributed by atoms with Gasteiger partial charge in [-0.25, -0.2) is 0 Å². The van der Waals surface area contributed by atoms with Crippen LogP contribution >= 0.6 is 0 Å². The van der Waals surface area contributed by atoms with Crippen LogP contribution in [0.1, 0.15) is 41.5 Å². The standard InChI is InChI=1S/C16H20N2O2/c1-11(2)18-16(15(20-4)10-17-18)14(19)9-13-7-5-6-12(3)8-13/h5-8,10-11H,9H2,1-4H3. The van der Waals surface area contributed by atoms with E-state index in [0.717, 1.165) is 11.1 Å². The molecule has 2 aromatic rings. The summed E-state index contributed by atoms with van der Waals surface area (Å²) in [5, 5.41) is 4.24. The Labute approximate surface area is 119 Å². The van der Waals surface area contributed by atoms with Crippen molar-refractivity contribution in [3.8, 4) is 5.75 Å². The van der Waals surface area contributed by atoms with Crippen LogP contribution in [0.3, 0.4) is 0 Å². The van der Waals surface area contributed by atoms with Crippen LogP contribution in [0.25, 0.3) is 0 Å². The molecule has 1 heterocycles. The van der Waals surface area contributed by atoms with E-state index in [9.17, 15) is 4.79 Å². The summed E-state index contributed by atoms with van der Waals surface area (Å²) in [5.41, 5.74) is 2.71. The van der Waals surface area contributed by atoms with Crippen molar-refractivity contribution < 1.29 is 9.53 Å². The van der Waals surface area contributed by atoms with Gasteiger partial charge in [0.15, 0.2) is 11.5 Å². The predicted octanol–water partition coefficient (Wildman–Crippen LogP) is 3.21. The number of ketones is 1. The normalized spacial score (nSPS) is 10.8. The van der Waals surface area contributed by atoms with Crippen molar-refractivity contribution in [3.05, 3.63) is 47.3 Å². The van der Waals surface area contributed by atoms with Crippen LogP contribution in [0.5, 0.6) is 5.75 Å². The molecule has 0 bridgehead atoms. The molecule has 0 aliphatic heterocycles. The van der Waals surface area contributed by atoms with Crippen LogP contribution in [0.4, 0.5) is 0 Å². The van der Waals surface area contributed by atoms with Crippen molar-refractivity contribution >= 4 is 5.78 Å². The monoisotopic (exact) mass is 272 g/mol. The van der Waals surface area contributed by atoms with Gasteiger partial charge in [-0.15, -0.1) is 0 Å². The van der Waals surface area contributed by atoms with E-state index in [1.807, 2.05) is 45.0 Å². The summed E-state index contributed by atoms with van der Waals surface area (Å²) in [4.78, 5) is 12.6. The summed E-state index contributed by atoms with van der Waals surface area (Å²) in [6, 6.07) is 8.10. The number of carbonyl (C=O) groups is 1. The Kier molecular flexibility index (Phi) is 4.23. The minimum absolute atomic E-state index is 0.0265. The van der Waals surface area contributed by atoms with Crippen molar-refractivity contribution in [1.29, 1.82) is 0 Å². The van der Waals surface area contributed by atoms with Crippen molar-refractivity contribution in [2.24, 2.45) is 0 Å². The summed E-state index contributed by atoms with van der Waals surface area (Å²) < 4.78 is 6.97. The lowest BCUT2D eigenvalue weighted by atomic mass is 10.0. The third kappa shape index (κ3) is 2.90. The minimum atomic E-state index is 0.0265. The first kappa shape index (κ1) is 14.3. The Morgan fingerprint density at radius 3 is 2.75 bits per heavy atom. The molecule has 1 aromatic carbocycles. The van der Waals surface area contributed by atoms with Gasteiger partial charge in [0.1, 0.15) is 5.69 Å². The quantitative estimate of drug-likeness (QED) is 0.785. The number of benzene rings is 1. The molecule has 0 fully saturated rings. The maximum Gasteiger partial charge on any atom is 0.189 e. The van der Waals surface area contributed by atoms with Gasteiger partial charge in [0.05, 0.1) is 13.3 Å². The van der Waals surface area contributed by atoms with Gasteiger partial charge in [-0.1, -0.05) is 29.8 Å². The van der Waals surface area contributed by atoms with Crippen molar-refractivity contribution in [2.45, 2.75) is 33.2 Å². The lowest BCUT2D eigenvalue weighted by molar-refractivity contribution is 0.0977. The largest absolute Gasteiger partial charge is 0.493 e. The van der Waals surface area contributed by atoms with E-state index in [1.54, 1.807) is 18.0 Å². The molecule has 0 saturated carbocycles. The van der Waals surface area contributed by atoms with Crippen LogP contribution in [-0.4, -0.2) is 22.7 Å². The number of ether oxygens (including phenoxy) is 1. The molecule has 4 nitrogen and oxygen atoms in total. The van der Waals surface area contributed by atoms with Crippen molar-refractivity contribution in [3.63, 3.8) is 0 Å². The summed E-state index contributed by atoms with van der Waals surface area (Å²) >= 11 is 0. The molecule has 0 aliphatic carbocycles. The number of aryl methyl sites for hydroxylation is 1. The first-order valence-corrected chi connectivity index (χ1v) is 6.73. The highest BCUT2D eigenvalue weighted by atomic mass is 16.5. The second kappa shape index (κ2) is 5.90. The topological polar surface area (TPSA) is 44.1 Å². The van der Waals surface area contributed by atoms with E-state index in [0.29, 0.717) is 17.9 Å². The van der Waals surface area contributed by atoms with E-state index in [2.05, 4.69) is 5.10 Å². The third-order valence-corrected chi connectivity index (χ3v) is 3.18. The van der Waals surface area contributed by atoms with Gasteiger partial charge in [-0.05, 0) is 26.3 Å². The Morgan fingerprint density at radius 2 is 2.15 bits per heavy atom. The Balaban J connectivity index is 2.31. The average molecular weight is 272 g/mol. The van der Waals surface area contributed by atoms with E-state index >= 15 is 0 Å². The molecule has 1 aromatic heterocycles. The van der Waals surface area contributed by atoms with Crippen LogP contribution < -0.4 is 4.74 Å². The maximum absolute atomic E-state index is 12.6. The fraction of sp³-hybridized carbons (Fsp3) is 0.375. The second-order valence-corrected chi connectivity index (χ2v) is 5.19. The molecule has 0 N–H and O–H groups in total. The Morgan fingerprint density at radius 1 is 1.40 bits per heavy atom. The van der Waals surface area contributed by atoms with Gasteiger partial charge in [0, 0.05) is 12.5 Å². The van der Waals surface area contributed by atoms with Gasteiger partial charge < -0.3 is 4.74 Å². The highest BCUT2D eigenvalue weighted by Crippen LogP contribution is 2.23. The van der Waals surface area contributed by atoms with Gasteiger partial charge >= 0.3 is 0 Å². The fourth-order valence-electron chi connectivity index (χ4n) is 2.24. The number of rotatable bonds is 5. The molecular weight excluding hydrogens is 252 g/mol. The highest BCUT2D eigenvalue weighted by molar-refractivity contribution is 5.98. The molecule has 106 valence electrons. The zero-order valence-electron chi connectivity index (χ0n) is 12.4. The molecule has 0 atom stereocenters. The first-order valence-electron chi connectivity index (χ1n) is 6.73. The second-order valence-electron chi connectivity index (χ2n) is 5.19. The van der Waals surface area contributed by atoms with Crippen molar-refractivity contribution in [1.82, 2.24) is 9.78 Å².